The van der Waals surface area contributed by atoms with Crippen molar-refractivity contribution in [2.24, 2.45) is 5.73 Å². The highest BCUT2D eigenvalue weighted by Crippen LogP contribution is 2.18. The number of carbonyl (C=O) groups excluding carboxylic acids is 1. The molecule has 5 nitrogen and oxygen atoms in total. The van der Waals surface area contributed by atoms with Crippen molar-refractivity contribution in [3.05, 3.63) is 47.2 Å². The summed E-state index contributed by atoms with van der Waals surface area (Å²) in [6.07, 6.45) is 0.629. The molecule has 1 heterocycles. The third-order valence-corrected chi connectivity index (χ3v) is 2.82. The Hall–Kier alpha value is -2.30. The Morgan fingerprint density at radius 2 is 2.00 bits per heavy atom. The highest BCUT2D eigenvalue weighted by Gasteiger charge is 2.18. The van der Waals surface area contributed by atoms with Gasteiger partial charge in [-0.15, -0.1) is 0 Å². The lowest BCUT2D eigenvalue weighted by atomic mass is 10.2. The lowest BCUT2D eigenvalue weighted by Crippen LogP contribution is -2.15. The number of nitrogens with zero attached hydrogens (tertiary/aromatic N) is 2. The zero-order valence-corrected chi connectivity index (χ0v) is 10.3. The molecule has 0 radical (unpaired) electrons. The number of nitrogen functional groups attached to an aromatic ring is 1. The molecule has 0 saturated carbocycles. The summed E-state index contributed by atoms with van der Waals surface area (Å²) in [5, 5.41) is 4.34. The Bertz CT molecular complexity index is 560. The van der Waals surface area contributed by atoms with Gasteiger partial charge in [0.1, 0.15) is 11.4 Å². The van der Waals surface area contributed by atoms with Crippen molar-refractivity contribution < 1.29 is 4.79 Å². The topological polar surface area (TPSA) is 86.9 Å². The maximum Gasteiger partial charge on any atom is 0.254 e. The minimum Gasteiger partial charge on any atom is -0.383 e. The van der Waals surface area contributed by atoms with Crippen LogP contribution >= 0.6 is 0 Å². The smallest absolute Gasteiger partial charge is 0.254 e. The van der Waals surface area contributed by atoms with E-state index in [1.165, 1.54) is 0 Å². The maximum atomic E-state index is 11.4. The Labute approximate surface area is 105 Å². The van der Waals surface area contributed by atoms with Gasteiger partial charge in [0, 0.05) is 0 Å². The van der Waals surface area contributed by atoms with Crippen LogP contribution in [0.2, 0.25) is 0 Å². The average Bonchev–Trinajstić information content (AvgIpc) is 2.67. The van der Waals surface area contributed by atoms with Gasteiger partial charge in [0.05, 0.1) is 12.2 Å². The van der Waals surface area contributed by atoms with Crippen LogP contribution in [-0.4, -0.2) is 15.7 Å². The molecule has 1 aromatic heterocycles. The second-order valence-corrected chi connectivity index (χ2v) is 4.07. The number of hydrogen-bond donors (Lipinski definition) is 2. The number of benzene rings is 1. The Kier molecular flexibility index (Phi) is 3.32. The molecule has 0 unspecified atom stereocenters. The summed E-state index contributed by atoms with van der Waals surface area (Å²) in [6, 6.07) is 9.81. The summed E-state index contributed by atoms with van der Waals surface area (Å²) >= 11 is 0. The third-order valence-electron chi connectivity index (χ3n) is 2.82. The van der Waals surface area contributed by atoms with Gasteiger partial charge in [0.2, 0.25) is 0 Å². The number of amides is 1. The summed E-state index contributed by atoms with van der Waals surface area (Å²) < 4.78 is 1.62. The number of aromatic nitrogens is 2. The van der Waals surface area contributed by atoms with Gasteiger partial charge < -0.3 is 11.5 Å². The monoisotopic (exact) mass is 244 g/mol. The van der Waals surface area contributed by atoms with Gasteiger partial charge >= 0.3 is 0 Å². The molecule has 0 aliphatic rings. The SMILES string of the molecule is CCc1nn(Cc2ccccc2)c(N)c1C(N)=O. The zero-order valence-electron chi connectivity index (χ0n) is 10.3. The van der Waals surface area contributed by atoms with Crippen molar-refractivity contribution in [3.8, 4) is 0 Å². The van der Waals surface area contributed by atoms with E-state index in [9.17, 15) is 4.79 Å². The molecule has 0 aliphatic heterocycles. The number of rotatable bonds is 4. The van der Waals surface area contributed by atoms with Crippen molar-refractivity contribution in [1.82, 2.24) is 9.78 Å². The largest absolute Gasteiger partial charge is 0.383 e. The first kappa shape index (κ1) is 12.2. The van der Waals surface area contributed by atoms with Crippen LogP contribution in [0, 0.1) is 0 Å². The van der Waals surface area contributed by atoms with E-state index >= 15 is 0 Å². The predicted octanol–water partition coefficient (Wildman–Crippen LogP) is 1.17. The van der Waals surface area contributed by atoms with Crippen LogP contribution in [-0.2, 0) is 13.0 Å². The summed E-state index contributed by atoms with van der Waals surface area (Å²) in [7, 11) is 0. The van der Waals surface area contributed by atoms with Crippen LogP contribution in [0.5, 0.6) is 0 Å². The summed E-state index contributed by atoms with van der Waals surface area (Å²) in [5.74, 6) is -0.188. The van der Waals surface area contributed by atoms with Crippen LogP contribution in [0.4, 0.5) is 5.82 Å². The normalized spacial score (nSPS) is 10.5. The van der Waals surface area contributed by atoms with E-state index in [1.807, 2.05) is 37.3 Å². The first-order valence-corrected chi connectivity index (χ1v) is 5.82. The lowest BCUT2D eigenvalue weighted by Gasteiger charge is -2.04. The molecule has 0 fully saturated rings. The van der Waals surface area contributed by atoms with E-state index in [0.29, 0.717) is 30.0 Å². The molecule has 0 saturated heterocycles. The fourth-order valence-corrected chi connectivity index (χ4v) is 1.92. The van der Waals surface area contributed by atoms with Crippen LogP contribution < -0.4 is 11.5 Å². The van der Waals surface area contributed by atoms with Crippen molar-refractivity contribution in [2.75, 3.05) is 5.73 Å². The standard InChI is InChI=1S/C13H16N4O/c1-2-10-11(13(15)18)12(14)17(16-10)8-9-6-4-3-5-7-9/h3-7H,2,8,14H2,1H3,(H2,15,18). The third kappa shape index (κ3) is 2.20. The van der Waals surface area contributed by atoms with Crippen molar-refractivity contribution >= 4 is 11.7 Å². The van der Waals surface area contributed by atoms with E-state index in [4.69, 9.17) is 11.5 Å². The van der Waals surface area contributed by atoms with Gasteiger partial charge in [0.15, 0.2) is 0 Å². The van der Waals surface area contributed by atoms with Gasteiger partial charge in [-0.2, -0.15) is 5.10 Å². The lowest BCUT2D eigenvalue weighted by molar-refractivity contribution is 0.100. The first-order valence-electron chi connectivity index (χ1n) is 5.82. The van der Waals surface area contributed by atoms with Gasteiger partial charge in [-0.1, -0.05) is 37.3 Å². The van der Waals surface area contributed by atoms with Gasteiger partial charge in [-0.3, -0.25) is 4.79 Å². The van der Waals surface area contributed by atoms with Crippen LogP contribution in [0.1, 0.15) is 28.5 Å². The number of primary amides is 1. The minimum absolute atomic E-state index is 0.336. The summed E-state index contributed by atoms with van der Waals surface area (Å²) in [6.45, 7) is 2.45. The van der Waals surface area contributed by atoms with Crippen molar-refractivity contribution in [2.45, 2.75) is 19.9 Å². The Morgan fingerprint density at radius 3 is 2.50 bits per heavy atom. The second kappa shape index (κ2) is 4.91. The Morgan fingerprint density at radius 1 is 1.33 bits per heavy atom. The minimum atomic E-state index is -0.524. The molecule has 0 atom stereocenters. The summed E-state index contributed by atoms with van der Waals surface area (Å²) in [4.78, 5) is 11.4. The van der Waals surface area contributed by atoms with Gasteiger partial charge in [-0.05, 0) is 12.0 Å². The average molecular weight is 244 g/mol. The molecule has 0 aliphatic carbocycles. The highest BCUT2D eigenvalue weighted by atomic mass is 16.1. The molecule has 1 aromatic carbocycles. The molecule has 2 aromatic rings. The molecule has 0 bridgehead atoms. The Balaban J connectivity index is 2.38. The van der Waals surface area contributed by atoms with Crippen molar-refractivity contribution in [1.29, 1.82) is 0 Å². The van der Waals surface area contributed by atoms with Crippen LogP contribution in [0.25, 0.3) is 0 Å². The van der Waals surface area contributed by atoms with Gasteiger partial charge in [-0.25, -0.2) is 4.68 Å². The number of nitrogens with two attached hydrogens (primary N) is 2. The maximum absolute atomic E-state index is 11.4. The zero-order chi connectivity index (χ0) is 13.1. The summed E-state index contributed by atoms with van der Waals surface area (Å²) in [5.41, 5.74) is 13.3. The molecule has 1 amide bonds. The molecule has 0 spiro atoms. The number of hydrogen-bond acceptors (Lipinski definition) is 3. The number of anilines is 1. The molecular weight excluding hydrogens is 228 g/mol. The van der Waals surface area contributed by atoms with E-state index in [-0.39, 0.29) is 0 Å². The van der Waals surface area contributed by atoms with E-state index in [0.717, 1.165) is 5.56 Å². The predicted molar refractivity (Wildman–Crippen MR) is 70.1 cm³/mol. The fraction of sp³-hybridized carbons (Fsp3) is 0.231. The molecule has 94 valence electrons. The highest BCUT2D eigenvalue weighted by molar-refractivity contribution is 5.98. The fourth-order valence-electron chi connectivity index (χ4n) is 1.92. The first-order chi connectivity index (χ1) is 8.63. The van der Waals surface area contributed by atoms with Crippen molar-refractivity contribution in [3.63, 3.8) is 0 Å². The molecule has 2 rings (SSSR count). The molecular formula is C13H16N4O. The quantitative estimate of drug-likeness (QED) is 0.846. The van der Waals surface area contributed by atoms with E-state index in [1.54, 1.807) is 4.68 Å². The van der Waals surface area contributed by atoms with E-state index < -0.39 is 5.91 Å². The van der Waals surface area contributed by atoms with Gasteiger partial charge in [0.25, 0.3) is 5.91 Å². The van der Waals surface area contributed by atoms with Crippen LogP contribution in [0.15, 0.2) is 30.3 Å². The molecule has 18 heavy (non-hydrogen) atoms. The van der Waals surface area contributed by atoms with Crippen LogP contribution in [0.3, 0.4) is 0 Å². The van der Waals surface area contributed by atoms with E-state index in [2.05, 4.69) is 5.10 Å². The second-order valence-electron chi connectivity index (χ2n) is 4.07. The molecule has 5 heteroatoms. The molecule has 4 N–H and O–H groups in total. The number of carbonyl (C=O) groups is 1. The number of aryl methyl sites for hydroxylation is 1.